The lowest BCUT2D eigenvalue weighted by molar-refractivity contribution is -0.140. The zero-order chi connectivity index (χ0) is 13.8. The molecule has 1 amide bonds. The van der Waals surface area contributed by atoms with Gasteiger partial charge >= 0.3 is 0 Å². The van der Waals surface area contributed by atoms with Gasteiger partial charge in [0.1, 0.15) is 11.1 Å². The Morgan fingerprint density at radius 2 is 2.10 bits per heavy atom. The van der Waals surface area contributed by atoms with E-state index < -0.39 is 6.10 Å². The molecule has 0 saturated heterocycles. The Morgan fingerprint density at radius 3 is 2.67 bits per heavy atom. The zero-order valence-corrected chi connectivity index (χ0v) is 14.3. The van der Waals surface area contributed by atoms with Crippen LogP contribution in [0.4, 0.5) is 0 Å². The lowest BCUT2D eigenvalue weighted by Gasteiger charge is -2.20. The molecule has 1 aromatic heterocycles. The molecule has 0 aliphatic rings. The van der Waals surface area contributed by atoms with Crippen LogP contribution in [-0.4, -0.2) is 42.6 Å². The van der Waals surface area contributed by atoms with Crippen molar-refractivity contribution in [2.75, 3.05) is 20.7 Å². The van der Waals surface area contributed by atoms with Crippen molar-refractivity contribution in [2.45, 2.75) is 12.6 Å². The van der Waals surface area contributed by atoms with Gasteiger partial charge in [-0.2, -0.15) is 0 Å². The second kappa shape index (κ2) is 9.17. The lowest BCUT2D eigenvalue weighted by atomic mass is 10.3. The van der Waals surface area contributed by atoms with Crippen molar-refractivity contribution >= 4 is 52.3 Å². The summed E-state index contributed by atoms with van der Waals surface area (Å²) < 4.78 is 6.17. The number of benzene rings is 1. The highest BCUT2D eigenvalue weighted by molar-refractivity contribution is 7.18. The average Bonchev–Trinajstić information content (AvgIpc) is 2.82. The molecule has 1 unspecified atom stereocenters. The molecule has 0 saturated carbocycles. The smallest absolute Gasteiger partial charge is 0.253 e. The molecule has 5 nitrogen and oxygen atoms in total. The quantitative estimate of drug-likeness (QED) is 0.895. The topological polar surface area (TPSA) is 68.5 Å². The van der Waals surface area contributed by atoms with Crippen molar-refractivity contribution in [3.05, 3.63) is 29.3 Å². The summed E-state index contributed by atoms with van der Waals surface area (Å²) in [6, 6.07) is 7.93. The number of hydrogen-bond donors (Lipinski definition) is 1. The highest BCUT2D eigenvalue weighted by atomic mass is 35.5. The van der Waals surface area contributed by atoms with Crippen molar-refractivity contribution in [1.82, 2.24) is 9.88 Å². The minimum Gasteiger partial charge on any atom is -0.370 e. The van der Waals surface area contributed by atoms with Crippen molar-refractivity contribution in [3.63, 3.8) is 0 Å². The molecule has 8 heteroatoms. The first-order valence-electron chi connectivity index (χ1n) is 5.98. The summed E-state index contributed by atoms with van der Waals surface area (Å²) in [4.78, 5) is 18.1. The summed E-state index contributed by atoms with van der Waals surface area (Å²) >= 11 is 1.59. The Balaban J connectivity index is 0.00000200. The van der Waals surface area contributed by atoms with Crippen molar-refractivity contribution < 1.29 is 9.53 Å². The van der Waals surface area contributed by atoms with Crippen molar-refractivity contribution in [3.8, 4) is 0 Å². The second-order valence-corrected chi connectivity index (χ2v) is 5.34. The number of rotatable bonds is 5. The van der Waals surface area contributed by atoms with Crippen LogP contribution in [0.1, 0.15) is 5.01 Å². The number of thiazole rings is 1. The Morgan fingerprint density at radius 1 is 1.43 bits per heavy atom. The highest BCUT2D eigenvalue weighted by Crippen LogP contribution is 2.22. The number of carbonyl (C=O) groups excluding carboxylic acids is 1. The molecule has 1 aromatic carbocycles. The third-order valence-corrected chi connectivity index (χ3v) is 3.88. The number of carbonyl (C=O) groups is 1. The van der Waals surface area contributed by atoms with Crippen LogP contribution in [0, 0.1) is 0 Å². The van der Waals surface area contributed by atoms with E-state index >= 15 is 0 Å². The Hall–Kier alpha value is -0.920. The molecule has 1 atom stereocenters. The Bertz CT molecular complexity index is 542. The maximum atomic E-state index is 12.0. The van der Waals surface area contributed by atoms with Gasteiger partial charge in [0.15, 0.2) is 0 Å². The van der Waals surface area contributed by atoms with Crippen LogP contribution < -0.4 is 5.73 Å². The maximum absolute atomic E-state index is 12.0. The number of hydrogen-bond acceptors (Lipinski definition) is 5. The van der Waals surface area contributed by atoms with Gasteiger partial charge in [-0.3, -0.25) is 4.79 Å². The molecule has 1 heterocycles. The number of para-hydroxylation sites is 1. The van der Waals surface area contributed by atoms with Crippen LogP contribution in [0.5, 0.6) is 0 Å². The van der Waals surface area contributed by atoms with Crippen LogP contribution in [0.25, 0.3) is 10.2 Å². The summed E-state index contributed by atoms with van der Waals surface area (Å²) in [7, 11) is 3.22. The van der Waals surface area contributed by atoms with E-state index in [4.69, 9.17) is 10.5 Å². The summed E-state index contributed by atoms with van der Waals surface area (Å²) in [5.74, 6) is -0.121. The fourth-order valence-electron chi connectivity index (χ4n) is 1.81. The number of nitrogens with two attached hydrogens (primary N) is 1. The monoisotopic (exact) mass is 351 g/mol. The highest BCUT2D eigenvalue weighted by Gasteiger charge is 2.21. The first-order chi connectivity index (χ1) is 9.15. The first-order valence-corrected chi connectivity index (χ1v) is 6.79. The molecule has 2 rings (SSSR count). The van der Waals surface area contributed by atoms with Crippen LogP contribution in [0.15, 0.2) is 24.3 Å². The largest absolute Gasteiger partial charge is 0.370 e. The third-order valence-electron chi connectivity index (χ3n) is 2.86. The van der Waals surface area contributed by atoms with Crippen molar-refractivity contribution in [2.24, 2.45) is 5.73 Å². The number of fused-ring (bicyclic) bond motifs is 1. The van der Waals surface area contributed by atoms with Crippen LogP contribution in [0.2, 0.25) is 0 Å². The van der Waals surface area contributed by atoms with Gasteiger partial charge in [0.2, 0.25) is 0 Å². The van der Waals surface area contributed by atoms with E-state index in [0.29, 0.717) is 6.54 Å². The predicted octanol–water partition coefficient (Wildman–Crippen LogP) is 2.07. The molecule has 2 N–H and O–H groups in total. The molecule has 0 spiro atoms. The number of amides is 1. The molecule has 21 heavy (non-hydrogen) atoms. The van der Waals surface area contributed by atoms with E-state index in [-0.39, 0.29) is 37.3 Å². The molecular weight excluding hydrogens is 333 g/mol. The van der Waals surface area contributed by atoms with Crippen LogP contribution in [0.3, 0.4) is 0 Å². The number of ether oxygens (including phenoxy) is 1. The van der Waals surface area contributed by atoms with E-state index in [1.54, 1.807) is 23.3 Å². The second-order valence-electron chi connectivity index (χ2n) is 4.23. The first kappa shape index (κ1) is 20.1. The van der Waals surface area contributed by atoms with Crippen LogP contribution in [-0.2, 0) is 16.1 Å². The average molecular weight is 352 g/mol. The van der Waals surface area contributed by atoms with Crippen molar-refractivity contribution in [1.29, 1.82) is 0 Å². The van der Waals surface area contributed by atoms with E-state index in [0.717, 1.165) is 15.2 Å². The summed E-state index contributed by atoms with van der Waals surface area (Å²) in [6.45, 7) is 0.650. The van der Waals surface area contributed by atoms with Gasteiger partial charge in [-0.25, -0.2) is 4.98 Å². The standard InChI is InChI=1S/C13H17N3O2S.2ClH/c1-16(13(17)10(7-14)18-2)8-12-15-9-5-3-4-6-11(9)19-12;;/h3-6,10H,7-8,14H2,1-2H3;2*1H. The molecule has 0 fully saturated rings. The normalized spacial score (nSPS) is 11.4. The van der Waals surface area contributed by atoms with E-state index in [1.807, 2.05) is 24.3 Å². The number of nitrogens with zero attached hydrogens (tertiary/aromatic N) is 2. The molecule has 0 aliphatic carbocycles. The number of likely N-dealkylation sites (N-methyl/N-ethyl adjacent to an activating group) is 1. The van der Waals surface area contributed by atoms with Gasteiger partial charge in [0.25, 0.3) is 5.91 Å². The van der Waals surface area contributed by atoms with Gasteiger partial charge in [-0.15, -0.1) is 36.2 Å². The Labute approximate surface area is 140 Å². The van der Waals surface area contributed by atoms with Gasteiger partial charge < -0.3 is 15.4 Å². The minimum absolute atomic E-state index is 0. The molecule has 118 valence electrons. The van der Waals surface area contributed by atoms with E-state index in [1.165, 1.54) is 7.11 Å². The Kier molecular flexibility index (Phi) is 8.77. The molecule has 0 bridgehead atoms. The minimum atomic E-state index is -0.584. The molecule has 2 aromatic rings. The fourth-order valence-corrected chi connectivity index (χ4v) is 2.83. The SMILES string of the molecule is COC(CN)C(=O)N(C)Cc1nc2ccccc2s1.Cl.Cl. The number of aromatic nitrogens is 1. The van der Waals surface area contributed by atoms with Gasteiger partial charge in [-0.05, 0) is 12.1 Å². The van der Waals surface area contributed by atoms with E-state index in [2.05, 4.69) is 4.98 Å². The predicted molar refractivity (Wildman–Crippen MR) is 90.4 cm³/mol. The third kappa shape index (κ3) is 4.79. The van der Waals surface area contributed by atoms with Gasteiger partial charge in [0, 0.05) is 20.7 Å². The number of halogens is 2. The zero-order valence-electron chi connectivity index (χ0n) is 11.8. The van der Waals surface area contributed by atoms with Gasteiger partial charge in [-0.1, -0.05) is 12.1 Å². The van der Waals surface area contributed by atoms with E-state index in [9.17, 15) is 4.79 Å². The molecule has 0 aliphatic heterocycles. The van der Waals surface area contributed by atoms with Crippen LogP contribution >= 0.6 is 36.2 Å². The fraction of sp³-hybridized carbons (Fsp3) is 0.385. The molecular formula is C13H19Cl2N3O2S. The summed E-state index contributed by atoms with van der Waals surface area (Å²) in [5, 5.41) is 0.906. The summed E-state index contributed by atoms with van der Waals surface area (Å²) in [6.07, 6.45) is -0.584. The lowest BCUT2D eigenvalue weighted by Crippen LogP contribution is -2.41. The summed E-state index contributed by atoms with van der Waals surface area (Å²) in [5.41, 5.74) is 6.45. The number of methoxy groups -OCH3 is 1. The van der Waals surface area contributed by atoms with Gasteiger partial charge in [0.05, 0.1) is 16.8 Å². The maximum Gasteiger partial charge on any atom is 0.253 e. The molecule has 0 radical (unpaired) electrons.